The van der Waals surface area contributed by atoms with E-state index in [1.54, 1.807) is 6.08 Å². The fourth-order valence-electron chi connectivity index (χ4n) is 2.97. The van der Waals surface area contributed by atoms with Gasteiger partial charge in [0.2, 0.25) is 0 Å². The van der Waals surface area contributed by atoms with Crippen LogP contribution in [0.4, 0.5) is 0 Å². The van der Waals surface area contributed by atoms with Crippen LogP contribution in [0.25, 0.3) is 0 Å². The Balaban J connectivity index is 1.74. The second-order valence-electron chi connectivity index (χ2n) is 5.62. The summed E-state index contributed by atoms with van der Waals surface area (Å²) in [5.41, 5.74) is 2.06. The van der Waals surface area contributed by atoms with Crippen molar-refractivity contribution in [3.8, 4) is 12.1 Å². The summed E-state index contributed by atoms with van der Waals surface area (Å²) in [5, 5.41) is 17.3. The lowest BCUT2D eigenvalue weighted by Crippen LogP contribution is -2.13. The molecule has 0 saturated heterocycles. The van der Waals surface area contributed by atoms with Crippen molar-refractivity contribution in [2.75, 3.05) is 0 Å². The first-order valence-corrected chi connectivity index (χ1v) is 7.37. The van der Waals surface area contributed by atoms with Crippen LogP contribution < -0.4 is 0 Å². The van der Waals surface area contributed by atoms with Crippen LogP contribution in [0.3, 0.4) is 0 Å². The average molecular weight is 264 g/mol. The van der Waals surface area contributed by atoms with Crippen LogP contribution in [-0.4, -0.2) is 0 Å². The molecule has 1 aliphatic rings. The van der Waals surface area contributed by atoms with Crippen LogP contribution in [0.2, 0.25) is 0 Å². The molecule has 1 aromatic rings. The number of allylic oxidation sites excluding steroid dienone is 2. The van der Waals surface area contributed by atoms with E-state index in [0.29, 0.717) is 5.92 Å². The van der Waals surface area contributed by atoms with Gasteiger partial charge in [0.1, 0.15) is 0 Å². The van der Waals surface area contributed by atoms with Crippen molar-refractivity contribution in [1.29, 1.82) is 10.5 Å². The van der Waals surface area contributed by atoms with E-state index in [9.17, 15) is 0 Å². The van der Waals surface area contributed by atoms with E-state index < -0.39 is 0 Å². The molecule has 0 aromatic heterocycles. The second kappa shape index (κ2) is 7.51. The van der Waals surface area contributed by atoms with Crippen LogP contribution in [0, 0.1) is 34.5 Å². The molecule has 102 valence electrons. The predicted octanol–water partition coefficient (Wildman–Crippen LogP) is 4.38. The summed E-state index contributed by atoms with van der Waals surface area (Å²) in [6.45, 7) is 0. The summed E-state index contributed by atoms with van der Waals surface area (Å²) in [6, 6.07) is 12.2. The molecule has 2 nitrogen and oxygen atoms in total. The Labute approximate surface area is 121 Å². The van der Waals surface area contributed by atoms with Gasteiger partial charge in [0.15, 0.2) is 0 Å². The third-order valence-corrected chi connectivity index (χ3v) is 4.26. The molecule has 0 bridgehead atoms. The van der Waals surface area contributed by atoms with Gasteiger partial charge < -0.3 is 0 Å². The van der Waals surface area contributed by atoms with Crippen molar-refractivity contribution in [3.05, 3.63) is 47.5 Å². The van der Waals surface area contributed by atoms with Gasteiger partial charge in [-0.05, 0) is 68.1 Å². The average Bonchev–Trinajstić information content (AvgIpc) is 2.52. The highest BCUT2D eigenvalue weighted by Gasteiger charge is 2.19. The Kier molecular flexibility index (Phi) is 5.39. The van der Waals surface area contributed by atoms with E-state index in [2.05, 4.69) is 30.3 Å². The highest BCUT2D eigenvalue weighted by Crippen LogP contribution is 2.32. The summed E-state index contributed by atoms with van der Waals surface area (Å²) >= 11 is 0. The maximum atomic E-state index is 8.77. The highest BCUT2D eigenvalue weighted by atomic mass is 14.3. The molecule has 0 radical (unpaired) electrons. The minimum Gasteiger partial charge on any atom is -0.193 e. The molecule has 1 aliphatic carbocycles. The van der Waals surface area contributed by atoms with E-state index in [1.807, 2.05) is 12.1 Å². The topological polar surface area (TPSA) is 47.6 Å². The van der Waals surface area contributed by atoms with Crippen molar-refractivity contribution < 1.29 is 0 Å². The fraction of sp³-hybridized carbons (Fsp3) is 0.444. The molecule has 2 heteroatoms. The normalized spacial score (nSPS) is 22.3. The van der Waals surface area contributed by atoms with Gasteiger partial charge in [0, 0.05) is 6.08 Å². The Morgan fingerprint density at radius 2 is 1.75 bits per heavy atom. The number of hydrogen-bond donors (Lipinski definition) is 0. The first kappa shape index (κ1) is 14.4. The number of benzene rings is 1. The molecule has 1 fully saturated rings. The number of rotatable bonds is 4. The fourth-order valence-corrected chi connectivity index (χ4v) is 2.97. The molecule has 0 amide bonds. The van der Waals surface area contributed by atoms with Gasteiger partial charge in [-0.3, -0.25) is 0 Å². The van der Waals surface area contributed by atoms with Crippen LogP contribution in [0.15, 0.2) is 36.4 Å². The SMILES string of the molecule is N#CC=CC1CCC(CCc2ccc(C#N)cc2)CC1. The van der Waals surface area contributed by atoms with Crippen LogP contribution in [0.5, 0.6) is 0 Å². The lowest BCUT2D eigenvalue weighted by Gasteiger charge is -2.26. The summed E-state index contributed by atoms with van der Waals surface area (Å²) in [7, 11) is 0. The van der Waals surface area contributed by atoms with Gasteiger partial charge in [-0.1, -0.05) is 18.2 Å². The van der Waals surface area contributed by atoms with E-state index in [1.165, 1.54) is 37.7 Å². The number of nitriles is 2. The van der Waals surface area contributed by atoms with Gasteiger partial charge in [-0.2, -0.15) is 10.5 Å². The smallest absolute Gasteiger partial charge is 0.0991 e. The zero-order valence-electron chi connectivity index (χ0n) is 11.8. The van der Waals surface area contributed by atoms with E-state index in [4.69, 9.17) is 10.5 Å². The van der Waals surface area contributed by atoms with Crippen molar-refractivity contribution in [3.63, 3.8) is 0 Å². The van der Waals surface area contributed by atoms with Crippen molar-refractivity contribution in [1.82, 2.24) is 0 Å². The minimum absolute atomic E-state index is 0.612. The number of nitrogens with zero attached hydrogens (tertiary/aromatic N) is 2. The van der Waals surface area contributed by atoms with Crippen molar-refractivity contribution >= 4 is 0 Å². The summed E-state index contributed by atoms with van der Waals surface area (Å²) in [4.78, 5) is 0. The van der Waals surface area contributed by atoms with Crippen molar-refractivity contribution in [2.24, 2.45) is 11.8 Å². The van der Waals surface area contributed by atoms with Gasteiger partial charge in [0.25, 0.3) is 0 Å². The molecule has 0 atom stereocenters. The van der Waals surface area contributed by atoms with E-state index in [-0.39, 0.29) is 0 Å². The lowest BCUT2D eigenvalue weighted by atomic mass is 9.79. The molecular weight excluding hydrogens is 244 g/mol. The Morgan fingerprint density at radius 1 is 1.05 bits per heavy atom. The third kappa shape index (κ3) is 4.25. The van der Waals surface area contributed by atoms with Gasteiger partial charge in [-0.25, -0.2) is 0 Å². The number of aryl methyl sites for hydroxylation is 1. The summed E-state index contributed by atoms with van der Waals surface area (Å²) in [6.07, 6.45) is 11.0. The van der Waals surface area contributed by atoms with Crippen molar-refractivity contribution in [2.45, 2.75) is 38.5 Å². The first-order valence-electron chi connectivity index (χ1n) is 7.37. The van der Waals surface area contributed by atoms with E-state index in [0.717, 1.165) is 17.9 Å². The minimum atomic E-state index is 0.612. The molecule has 0 heterocycles. The Hall–Kier alpha value is -2.06. The third-order valence-electron chi connectivity index (χ3n) is 4.26. The van der Waals surface area contributed by atoms with Crippen LogP contribution >= 0.6 is 0 Å². The Morgan fingerprint density at radius 3 is 2.35 bits per heavy atom. The molecule has 1 saturated carbocycles. The molecule has 1 aromatic carbocycles. The lowest BCUT2D eigenvalue weighted by molar-refractivity contribution is 0.296. The largest absolute Gasteiger partial charge is 0.193 e. The zero-order chi connectivity index (χ0) is 14.2. The summed E-state index contributed by atoms with van der Waals surface area (Å²) in [5.74, 6) is 1.43. The first-order chi connectivity index (χ1) is 9.81. The highest BCUT2D eigenvalue weighted by molar-refractivity contribution is 5.31. The molecular formula is C18H20N2. The van der Waals surface area contributed by atoms with Gasteiger partial charge in [-0.15, -0.1) is 0 Å². The standard InChI is InChI=1S/C18H20N2/c19-13-1-2-15-3-5-16(6-4-15)7-8-17-9-11-18(14-20)12-10-17/h1-2,9-12,15-16H,3-8H2. The van der Waals surface area contributed by atoms with Crippen LogP contribution in [-0.2, 0) is 6.42 Å². The summed E-state index contributed by atoms with van der Waals surface area (Å²) < 4.78 is 0. The molecule has 2 rings (SSSR count). The molecule has 0 aliphatic heterocycles. The quantitative estimate of drug-likeness (QED) is 0.758. The van der Waals surface area contributed by atoms with E-state index >= 15 is 0 Å². The Bertz CT molecular complexity index is 520. The van der Waals surface area contributed by atoms with Gasteiger partial charge in [0.05, 0.1) is 17.7 Å². The molecule has 0 N–H and O–H groups in total. The van der Waals surface area contributed by atoms with Crippen LogP contribution in [0.1, 0.15) is 43.2 Å². The second-order valence-corrected chi connectivity index (χ2v) is 5.62. The maximum Gasteiger partial charge on any atom is 0.0991 e. The predicted molar refractivity (Wildman–Crippen MR) is 79.7 cm³/mol. The molecule has 0 spiro atoms. The molecule has 0 unspecified atom stereocenters. The monoisotopic (exact) mass is 264 g/mol. The van der Waals surface area contributed by atoms with Gasteiger partial charge >= 0.3 is 0 Å². The maximum absolute atomic E-state index is 8.77. The number of hydrogen-bond acceptors (Lipinski definition) is 2. The zero-order valence-corrected chi connectivity index (χ0v) is 11.8. The molecule has 20 heavy (non-hydrogen) atoms.